The summed E-state index contributed by atoms with van der Waals surface area (Å²) in [4.78, 5) is 12.3. The summed E-state index contributed by atoms with van der Waals surface area (Å²) in [7, 11) is 0. The molecule has 0 spiro atoms. The Balaban J connectivity index is 1.78. The number of aryl methyl sites for hydroxylation is 2. The highest BCUT2D eigenvalue weighted by molar-refractivity contribution is 6.30. The summed E-state index contributed by atoms with van der Waals surface area (Å²) in [6.45, 7) is 0. The van der Waals surface area contributed by atoms with Crippen LogP contribution >= 0.6 is 11.6 Å². The van der Waals surface area contributed by atoms with Crippen molar-refractivity contribution >= 4 is 17.4 Å². The lowest BCUT2D eigenvalue weighted by atomic mass is 9.99. The van der Waals surface area contributed by atoms with Crippen LogP contribution in [-0.2, 0) is 19.3 Å². The van der Waals surface area contributed by atoms with Crippen LogP contribution in [-0.4, -0.2) is 5.78 Å². The van der Waals surface area contributed by atoms with Gasteiger partial charge in [-0.1, -0.05) is 35.9 Å². The van der Waals surface area contributed by atoms with Gasteiger partial charge in [0, 0.05) is 17.0 Å². The van der Waals surface area contributed by atoms with Gasteiger partial charge < -0.3 is 0 Å². The summed E-state index contributed by atoms with van der Waals surface area (Å²) < 4.78 is 0. The van der Waals surface area contributed by atoms with Crippen molar-refractivity contribution in [1.82, 2.24) is 0 Å². The number of benzene rings is 2. The summed E-state index contributed by atoms with van der Waals surface area (Å²) in [6, 6.07) is 13.6. The molecule has 0 aromatic heterocycles. The van der Waals surface area contributed by atoms with Gasteiger partial charge in [-0.25, -0.2) is 0 Å². The lowest BCUT2D eigenvalue weighted by Crippen LogP contribution is -2.04. The fourth-order valence-electron chi connectivity index (χ4n) is 2.63. The smallest absolute Gasteiger partial charge is 0.167 e. The molecule has 0 radical (unpaired) electrons. The van der Waals surface area contributed by atoms with E-state index in [1.807, 2.05) is 30.3 Å². The van der Waals surface area contributed by atoms with Gasteiger partial charge in [-0.15, -0.1) is 0 Å². The molecule has 0 heterocycles. The maximum Gasteiger partial charge on any atom is 0.167 e. The molecule has 2 aromatic carbocycles. The first-order valence-electron chi connectivity index (χ1n) is 6.62. The molecule has 2 heteroatoms. The van der Waals surface area contributed by atoms with Crippen LogP contribution in [0.5, 0.6) is 0 Å². The Labute approximate surface area is 118 Å². The molecule has 1 aliphatic carbocycles. The molecule has 0 saturated heterocycles. The van der Waals surface area contributed by atoms with Gasteiger partial charge >= 0.3 is 0 Å². The molecule has 1 aliphatic rings. The van der Waals surface area contributed by atoms with Gasteiger partial charge in [-0.2, -0.15) is 0 Å². The molecule has 96 valence electrons. The first-order chi connectivity index (χ1) is 9.22. The van der Waals surface area contributed by atoms with Crippen molar-refractivity contribution in [1.29, 1.82) is 0 Å². The summed E-state index contributed by atoms with van der Waals surface area (Å²) >= 11 is 5.84. The van der Waals surface area contributed by atoms with Crippen molar-refractivity contribution in [3.8, 4) is 0 Å². The second-order valence-corrected chi connectivity index (χ2v) is 5.50. The topological polar surface area (TPSA) is 17.1 Å². The first-order valence-corrected chi connectivity index (χ1v) is 6.99. The molecule has 1 nitrogen and oxygen atoms in total. The number of hydrogen-bond acceptors (Lipinski definition) is 1. The van der Waals surface area contributed by atoms with E-state index in [4.69, 9.17) is 11.6 Å². The number of hydrogen-bond donors (Lipinski definition) is 0. The fourth-order valence-corrected chi connectivity index (χ4v) is 2.76. The molecule has 0 amide bonds. The van der Waals surface area contributed by atoms with Crippen LogP contribution in [0.2, 0.25) is 5.02 Å². The van der Waals surface area contributed by atoms with E-state index < -0.39 is 0 Å². The number of carbonyl (C=O) groups excluding carboxylic acids is 1. The third-order valence-electron chi connectivity index (χ3n) is 3.70. The number of carbonyl (C=O) groups is 1. The van der Waals surface area contributed by atoms with Crippen molar-refractivity contribution in [2.24, 2.45) is 0 Å². The second-order valence-electron chi connectivity index (χ2n) is 5.06. The lowest BCUT2D eigenvalue weighted by molar-refractivity contribution is 0.0993. The molecule has 0 saturated carbocycles. The first kappa shape index (κ1) is 12.4. The zero-order valence-corrected chi connectivity index (χ0v) is 11.4. The summed E-state index contributed by atoms with van der Waals surface area (Å²) in [5.41, 5.74) is 4.59. The van der Waals surface area contributed by atoms with E-state index in [2.05, 4.69) is 12.1 Å². The summed E-state index contributed by atoms with van der Waals surface area (Å²) in [5, 5.41) is 0.703. The highest BCUT2D eigenvalue weighted by Gasteiger charge is 2.14. The molecule has 2 aromatic rings. The minimum Gasteiger partial charge on any atom is -0.294 e. The van der Waals surface area contributed by atoms with Crippen LogP contribution in [0.25, 0.3) is 0 Å². The van der Waals surface area contributed by atoms with E-state index in [0.717, 1.165) is 24.0 Å². The van der Waals surface area contributed by atoms with Gasteiger partial charge in [-0.3, -0.25) is 4.79 Å². The average Bonchev–Trinajstić information content (AvgIpc) is 2.88. The van der Waals surface area contributed by atoms with Gasteiger partial charge in [0.1, 0.15) is 0 Å². The van der Waals surface area contributed by atoms with Crippen LogP contribution in [0.1, 0.15) is 33.5 Å². The maximum atomic E-state index is 12.3. The Bertz CT molecular complexity index is 614. The third kappa shape index (κ3) is 2.71. The Morgan fingerprint density at radius 2 is 1.74 bits per heavy atom. The lowest BCUT2D eigenvalue weighted by Gasteiger charge is -2.05. The number of ketones is 1. The standard InChI is InChI=1S/C17H15ClO/c18-16-8-4-12(5-9-16)10-17(19)15-7-6-13-2-1-3-14(13)11-15/h4-9,11H,1-3,10H2. The van der Waals surface area contributed by atoms with Gasteiger partial charge in [0.05, 0.1) is 0 Å². The van der Waals surface area contributed by atoms with Gasteiger partial charge in [0.15, 0.2) is 5.78 Å². The molecule has 0 bridgehead atoms. The number of Topliss-reactive ketones (excluding diaryl/α,β-unsaturated/α-hetero) is 1. The molecule has 3 rings (SSSR count). The van der Waals surface area contributed by atoms with E-state index in [1.54, 1.807) is 0 Å². The Kier molecular flexibility index (Phi) is 3.39. The zero-order valence-electron chi connectivity index (χ0n) is 10.7. The fraction of sp³-hybridized carbons (Fsp3) is 0.235. The third-order valence-corrected chi connectivity index (χ3v) is 3.95. The minimum atomic E-state index is 0.178. The predicted octanol–water partition coefficient (Wildman–Crippen LogP) is 4.25. The number of fused-ring (bicyclic) bond motifs is 1. The summed E-state index contributed by atoms with van der Waals surface area (Å²) in [5.74, 6) is 0.178. The van der Waals surface area contributed by atoms with Gasteiger partial charge in [0.25, 0.3) is 0 Å². The molecule has 0 fully saturated rings. The number of rotatable bonds is 3. The van der Waals surface area contributed by atoms with E-state index >= 15 is 0 Å². The second kappa shape index (κ2) is 5.18. The van der Waals surface area contributed by atoms with Crippen molar-refractivity contribution in [2.45, 2.75) is 25.7 Å². The highest BCUT2D eigenvalue weighted by atomic mass is 35.5. The average molecular weight is 271 g/mol. The quantitative estimate of drug-likeness (QED) is 0.762. The monoisotopic (exact) mass is 270 g/mol. The molecular formula is C17H15ClO. The SMILES string of the molecule is O=C(Cc1ccc(Cl)cc1)c1ccc2c(c1)CCC2. The summed E-state index contributed by atoms with van der Waals surface area (Å²) in [6.07, 6.45) is 3.92. The molecule has 0 unspecified atom stereocenters. The van der Waals surface area contributed by atoms with E-state index in [1.165, 1.54) is 17.5 Å². The zero-order chi connectivity index (χ0) is 13.2. The van der Waals surface area contributed by atoms with Gasteiger partial charge in [-0.05, 0) is 54.2 Å². The normalized spacial score (nSPS) is 13.3. The Hall–Kier alpha value is -1.60. The van der Waals surface area contributed by atoms with Crippen LogP contribution in [0, 0.1) is 0 Å². The Morgan fingerprint density at radius 3 is 2.53 bits per heavy atom. The highest BCUT2D eigenvalue weighted by Crippen LogP contribution is 2.23. The van der Waals surface area contributed by atoms with Crippen LogP contribution in [0.3, 0.4) is 0 Å². The van der Waals surface area contributed by atoms with Crippen molar-refractivity contribution in [2.75, 3.05) is 0 Å². The minimum absolute atomic E-state index is 0.178. The molecule has 0 N–H and O–H groups in total. The molecule has 0 aliphatic heterocycles. The van der Waals surface area contributed by atoms with Crippen molar-refractivity contribution in [3.63, 3.8) is 0 Å². The van der Waals surface area contributed by atoms with Crippen LogP contribution in [0.15, 0.2) is 42.5 Å². The molecule has 0 atom stereocenters. The maximum absolute atomic E-state index is 12.3. The van der Waals surface area contributed by atoms with Crippen LogP contribution in [0.4, 0.5) is 0 Å². The van der Waals surface area contributed by atoms with E-state index in [9.17, 15) is 4.79 Å². The van der Waals surface area contributed by atoms with Crippen molar-refractivity contribution in [3.05, 3.63) is 69.7 Å². The van der Waals surface area contributed by atoms with Gasteiger partial charge in [0.2, 0.25) is 0 Å². The largest absolute Gasteiger partial charge is 0.294 e. The molecule has 19 heavy (non-hydrogen) atoms. The predicted molar refractivity (Wildman–Crippen MR) is 78.0 cm³/mol. The van der Waals surface area contributed by atoms with Crippen LogP contribution < -0.4 is 0 Å². The Morgan fingerprint density at radius 1 is 1.00 bits per heavy atom. The van der Waals surface area contributed by atoms with E-state index in [-0.39, 0.29) is 5.78 Å². The number of halogens is 1. The molecular weight excluding hydrogens is 256 g/mol. The van der Waals surface area contributed by atoms with Crippen molar-refractivity contribution < 1.29 is 4.79 Å². The van der Waals surface area contributed by atoms with E-state index in [0.29, 0.717) is 11.4 Å².